The number of fused-ring (bicyclic) bond motifs is 1. The number of likely N-dealkylation sites (tertiary alicyclic amines) is 1. The summed E-state index contributed by atoms with van der Waals surface area (Å²) in [5.41, 5.74) is 1.01. The van der Waals surface area contributed by atoms with E-state index in [-0.39, 0.29) is 6.10 Å². The van der Waals surface area contributed by atoms with Crippen molar-refractivity contribution in [2.75, 3.05) is 13.1 Å². The number of nitrogens with zero attached hydrogens (tertiary/aromatic N) is 3. The zero-order valence-electron chi connectivity index (χ0n) is 12.1. The number of hydrogen-bond donors (Lipinski definition) is 0. The van der Waals surface area contributed by atoms with Gasteiger partial charge >= 0.3 is 0 Å². The predicted molar refractivity (Wildman–Crippen MR) is 79.0 cm³/mol. The Hall–Kier alpha value is -1.24. The molecule has 2 fully saturated rings. The molecule has 0 radical (unpaired) electrons. The Balaban J connectivity index is 1.39. The van der Waals surface area contributed by atoms with E-state index in [1.807, 2.05) is 24.6 Å². The predicted octanol–water partition coefficient (Wildman–Crippen LogP) is 2.79. The van der Waals surface area contributed by atoms with Crippen LogP contribution in [0.25, 0.3) is 0 Å². The van der Waals surface area contributed by atoms with Crippen LogP contribution in [-0.4, -0.2) is 34.2 Å². The molecule has 2 aliphatic heterocycles. The van der Waals surface area contributed by atoms with Crippen LogP contribution in [0.1, 0.15) is 35.4 Å². The number of piperidine rings is 1. The first-order valence-corrected chi connectivity index (χ1v) is 8.35. The van der Waals surface area contributed by atoms with Crippen LogP contribution in [0.5, 0.6) is 0 Å². The lowest BCUT2D eigenvalue weighted by Gasteiger charge is -2.33. The average molecular weight is 305 g/mol. The second-order valence-electron chi connectivity index (χ2n) is 5.98. The van der Waals surface area contributed by atoms with Crippen molar-refractivity contribution in [2.24, 2.45) is 5.92 Å². The Kier molecular flexibility index (Phi) is 3.52. The van der Waals surface area contributed by atoms with Gasteiger partial charge in [-0.2, -0.15) is 0 Å². The molecule has 0 aliphatic carbocycles. The maximum Gasteiger partial charge on any atom is 0.133 e. The minimum atomic E-state index is 0.203. The fraction of sp³-hybridized carbons (Fsp3) is 0.600. The molecule has 2 aromatic rings. The number of hydrogen-bond acceptors (Lipinski definition) is 6. The van der Waals surface area contributed by atoms with E-state index in [1.54, 1.807) is 11.3 Å². The molecular weight excluding hydrogens is 286 g/mol. The summed E-state index contributed by atoms with van der Waals surface area (Å²) >= 11 is 1.70. The second-order valence-corrected chi connectivity index (χ2v) is 6.91. The Morgan fingerprint density at radius 1 is 1.48 bits per heavy atom. The zero-order valence-corrected chi connectivity index (χ0v) is 12.9. The molecule has 0 saturated carbocycles. The first kappa shape index (κ1) is 13.4. The third-order valence-electron chi connectivity index (χ3n) is 4.43. The molecule has 2 aromatic heterocycles. The van der Waals surface area contributed by atoms with Crippen molar-refractivity contribution >= 4 is 11.3 Å². The summed E-state index contributed by atoms with van der Waals surface area (Å²) in [6.45, 7) is 4.88. The van der Waals surface area contributed by atoms with Gasteiger partial charge in [0.25, 0.3) is 0 Å². The summed E-state index contributed by atoms with van der Waals surface area (Å²) < 4.78 is 11.4. The van der Waals surface area contributed by atoms with Crippen molar-refractivity contribution in [3.8, 4) is 0 Å². The van der Waals surface area contributed by atoms with E-state index in [2.05, 4.69) is 15.0 Å². The van der Waals surface area contributed by atoms with Crippen molar-refractivity contribution < 1.29 is 9.26 Å². The van der Waals surface area contributed by atoms with Gasteiger partial charge in [0, 0.05) is 30.7 Å². The summed E-state index contributed by atoms with van der Waals surface area (Å²) in [6, 6.07) is 2.01. The molecule has 4 rings (SSSR count). The highest BCUT2D eigenvalue weighted by Crippen LogP contribution is 2.41. The van der Waals surface area contributed by atoms with Gasteiger partial charge in [-0.1, -0.05) is 5.16 Å². The number of ether oxygens (including phenoxy) is 1. The van der Waals surface area contributed by atoms with Crippen LogP contribution in [0.4, 0.5) is 0 Å². The van der Waals surface area contributed by atoms with E-state index in [1.165, 1.54) is 6.42 Å². The van der Waals surface area contributed by atoms with Crippen LogP contribution in [0.15, 0.2) is 22.2 Å². The lowest BCUT2D eigenvalue weighted by molar-refractivity contribution is -0.00984. The van der Waals surface area contributed by atoms with Gasteiger partial charge in [-0.05, 0) is 32.2 Å². The van der Waals surface area contributed by atoms with E-state index in [0.29, 0.717) is 12.0 Å². The number of thiazole rings is 1. The minimum Gasteiger partial charge on any atom is -0.366 e. The Morgan fingerprint density at radius 2 is 2.43 bits per heavy atom. The van der Waals surface area contributed by atoms with Crippen LogP contribution < -0.4 is 0 Å². The SMILES string of the molecule is Cc1cc(CN2CC[C@@H]3C[C@@H](c4nccs4)O[C@H]3C2)no1. The third-order valence-corrected chi connectivity index (χ3v) is 5.29. The first-order valence-electron chi connectivity index (χ1n) is 7.47. The maximum atomic E-state index is 6.25. The third kappa shape index (κ3) is 2.75. The molecule has 5 nitrogen and oxygen atoms in total. The molecule has 4 heterocycles. The maximum absolute atomic E-state index is 6.25. The molecule has 6 heteroatoms. The van der Waals surface area contributed by atoms with Gasteiger partial charge in [-0.3, -0.25) is 4.90 Å². The van der Waals surface area contributed by atoms with Gasteiger partial charge in [0.15, 0.2) is 0 Å². The van der Waals surface area contributed by atoms with E-state index >= 15 is 0 Å². The number of rotatable bonds is 3. The lowest BCUT2D eigenvalue weighted by atomic mass is 9.92. The fourth-order valence-electron chi connectivity index (χ4n) is 3.41. The lowest BCUT2D eigenvalue weighted by Crippen LogP contribution is -2.41. The van der Waals surface area contributed by atoms with Crippen molar-refractivity contribution in [1.82, 2.24) is 15.0 Å². The van der Waals surface area contributed by atoms with Crippen LogP contribution in [0.3, 0.4) is 0 Å². The molecule has 21 heavy (non-hydrogen) atoms. The largest absolute Gasteiger partial charge is 0.366 e. The summed E-state index contributed by atoms with van der Waals surface area (Å²) in [5.74, 6) is 1.55. The summed E-state index contributed by atoms with van der Waals surface area (Å²) in [6.07, 6.45) is 4.72. The van der Waals surface area contributed by atoms with Gasteiger partial charge in [-0.15, -0.1) is 11.3 Å². The van der Waals surface area contributed by atoms with Crippen molar-refractivity contribution in [2.45, 2.75) is 38.5 Å². The topological polar surface area (TPSA) is 51.4 Å². The quantitative estimate of drug-likeness (QED) is 0.873. The minimum absolute atomic E-state index is 0.203. The van der Waals surface area contributed by atoms with Gasteiger partial charge in [-0.25, -0.2) is 4.98 Å². The number of aromatic nitrogens is 2. The van der Waals surface area contributed by atoms with E-state index in [9.17, 15) is 0 Å². The van der Waals surface area contributed by atoms with Crippen LogP contribution in [0.2, 0.25) is 0 Å². The molecule has 3 atom stereocenters. The molecule has 0 N–H and O–H groups in total. The summed E-state index contributed by atoms with van der Waals surface area (Å²) in [5, 5.41) is 7.24. The van der Waals surface area contributed by atoms with Gasteiger partial charge in [0.2, 0.25) is 0 Å². The molecule has 112 valence electrons. The molecule has 0 amide bonds. The van der Waals surface area contributed by atoms with Crippen molar-refractivity contribution in [3.05, 3.63) is 34.1 Å². The highest BCUT2D eigenvalue weighted by molar-refractivity contribution is 7.09. The Labute approximate surface area is 127 Å². The molecule has 2 saturated heterocycles. The molecular formula is C15H19N3O2S. The Bertz CT molecular complexity index is 598. The molecule has 0 spiro atoms. The van der Waals surface area contributed by atoms with Crippen LogP contribution in [0, 0.1) is 12.8 Å². The van der Waals surface area contributed by atoms with E-state index in [4.69, 9.17) is 9.26 Å². The Morgan fingerprint density at radius 3 is 3.19 bits per heavy atom. The normalized spacial score (nSPS) is 29.7. The average Bonchev–Trinajstić information content (AvgIpc) is 3.18. The van der Waals surface area contributed by atoms with Crippen molar-refractivity contribution in [3.63, 3.8) is 0 Å². The smallest absolute Gasteiger partial charge is 0.133 e. The highest BCUT2D eigenvalue weighted by atomic mass is 32.1. The van der Waals surface area contributed by atoms with Gasteiger partial charge in [0.05, 0.1) is 11.8 Å². The summed E-state index contributed by atoms with van der Waals surface area (Å²) in [7, 11) is 0. The van der Waals surface area contributed by atoms with E-state index < -0.39 is 0 Å². The summed E-state index contributed by atoms with van der Waals surface area (Å²) in [4.78, 5) is 6.82. The molecule has 0 bridgehead atoms. The number of aryl methyl sites for hydroxylation is 1. The highest BCUT2D eigenvalue weighted by Gasteiger charge is 2.40. The van der Waals surface area contributed by atoms with Crippen LogP contribution in [-0.2, 0) is 11.3 Å². The zero-order chi connectivity index (χ0) is 14.2. The standard InChI is InChI=1S/C15H19N3O2S/c1-10-6-12(17-20-10)8-18-4-2-11-7-13(19-14(11)9-18)15-16-3-5-21-15/h3,5-6,11,13-14H,2,4,7-9H2,1H3/t11-,13+,14+/m1/s1. The molecule has 0 aromatic carbocycles. The first-order chi connectivity index (χ1) is 10.3. The van der Waals surface area contributed by atoms with Gasteiger partial charge < -0.3 is 9.26 Å². The monoisotopic (exact) mass is 305 g/mol. The van der Waals surface area contributed by atoms with Gasteiger partial charge in [0.1, 0.15) is 16.9 Å². The van der Waals surface area contributed by atoms with E-state index in [0.717, 1.165) is 42.5 Å². The van der Waals surface area contributed by atoms with Crippen LogP contribution >= 0.6 is 11.3 Å². The fourth-order valence-corrected chi connectivity index (χ4v) is 4.10. The second kappa shape index (κ2) is 5.51. The molecule has 0 unspecified atom stereocenters. The molecule has 2 aliphatic rings. The van der Waals surface area contributed by atoms with Crippen molar-refractivity contribution in [1.29, 1.82) is 0 Å².